The molecule has 138 valence electrons. The van der Waals surface area contributed by atoms with Gasteiger partial charge in [0.05, 0.1) is 22.5 Å². The molecular formula is C19H15F3N4O. The summed E-state index contributed by atoms with van der Waals surface area (Å²) in [6.45, 7) is 1.89. The summed E-state index contributed by atoms with van der Waals surface area (Å²) in [4.78, 5) is 17.2. The first-order valence-corrected chi connectivity index (χ1v) is 8.23. The molecule has 27 heavy (non-hydrogen) atoms. The Morgan fingerprint density at radius 2 is 2.00 bits per heavy atom. The summed E-state index contributed by atoms with van der Waals surface area (Å²) < 4.78 is 40.4. The molecule has 0 fully saturated rings. The number of aryl methyl sites for hydroxylation is 1. The molecule has 0 bridgehead atoms. The maximum Gasteiger partial charge on any atom is 0.417 e. The molecular weight excluding hydrogens is 357 g/mol. The van der Waals surface area contributed by atoms with Crippen LogP contribution in [0.25, 0.3) is 5.65 Å². The Balaban J connectivity index is 2.11. The lowest BCUT2D eigenvalue weighted by Crippen LogP contribution is -2.18. The van der Waals surface area contributed by atoms with Gasteiger partial charge in [-0.15, -0.1) is 0 Å². The van der Waals surface area contributed by atoms with Gasteiger partial charge in [-0.1, -0.05) is 25.5 Å². The number of nitrogens with zero attached hydrogens (tertiary/aromatic N) is 3. The maximum absolute atomic E-state index is 13.1. The van der Waals surface area contributed by atoms with Crippen molar-refractivity contribution < 1.29 is 18.0 Å². The third kappa shape index (κ3) is 3.62. The van der Waals surface area contributed by atoms with Crippen molar-refractivity contribution in [2.45, 2.75) is 25.9 Å². The maximum atomic E-state index is 13.1. The summed E-state index contributed by atoms with van der Waals surface area (Å²) in [6, 6.07) is 10.5. The highest BCUT2D eigenvalue weighted by Gasteiger charge is 2.32. The highest BCUT2D eigenvalue weighted by molar-refractivity contribution is 6.05. The van der Waals surface area contributed by atoms with E-state index in [-0.39, 0.29) is 22.6 Å². The minimum Gasteiger partial charge on any atom is -0.319 e. The molecule has 3 rings (SSSR count). The molecule has 0 unspecified atom stereocenters. The van der Waals surface area contributed by atoms with Crippen molar-refractivity contribution in [1.29, 1.82) is 5.26 Å². The lowest BCUT2D eigenvalue weighted by atomic mass is 10.1. The van der Waals surface area contributed by atoms with Gasteiger partial charge in [0.15, 0.2) is 0 Å². The number of hydrogen-bond acceptors (Lipinski definition) is 3. The van der Waals surface area contributed by atoms with Crippen LogP contribution in [-0.2, 0) is 12.6 Å². The molecule has 2 aromatic heterocycles. The van der Waals surface area contributed by atoms with Gasteiger partial charge in [0.25, 0.3) is 5.91 Å². The second-order valence-electron chi connectivity index (χ2n) is 5.91. The van der Waals surface area contributed by atoms with E-state index in [4.69, 9.17) is 5.26 Å². The summed E-state index contributed by atoms with van der Waals surface area (Å²) in [5, 5.41) is 11.8. The molecule has 0 aliphatic rings. The highest BCUT2D eigenvalue weighted by atomic mass is 19.4. The Labute approximate surface area is 153 Å². The van der Waals surface area contributed by atoms with E-state index in [0.29, 0.717) is 18.5 Å². The first kappa shape index (κ1) is 18.5. The van der Waals surface area contributed by atoms with E-state index in [1.807, 2.05) is 13.0 Å². The summed E-state index contributed by atoms with van der Waals surface area (Å²) in [5.74, 6) is -0.618. The Kier molecular flexibility index (Phi) is 4.86. The van der Waals surface area contributed by atoms with Crippen LogP contribution in [0.15, 0.2) is 42.6 Å². The molecule has 0 spiro atoms. The minimum absolute atomic E-state index is 0.0330. The minimum atomic E-state index is -4.54. The van der Waals surface area contributed by atoms with Crippen LogP contribution in [0.1, 0.15) is 40.7 Å². The Bertz CT molecular complexity index is 1050. The molecule has 0 saturated heterocycles. The molecule has 0 radical (unpaired) electrons. The quantitative estimate of drug-likeness (QED) is 0.737. The fraction of sp³-hybridized carbons (Fsp3) is 0.211. The van der Waals surface area contributed by atoms with Crippen molar-refractivity contribution in [3.63, 3.8) is 0 Å². The molecule has 0 aliphatic carbocycles. The number of alkyl halides is 3. The lowest BCUT2D eigenvalue weighted by Gasteiger charge is -2.10. The van der Waals surface area contributed by atoms with Crippen LogP contribution in [0.3, 0.4) is 0 Å². The molecule has 8 heteroatoms. The van der Waals surface area contributed by atoms with Crippen LogP contribution < -0.4 is 5.32 Å². The van der Waals surface area contributed by atoms with E-state index in [9.17, 15) is 18.0 Å². The number of pyridine rings is 1. The SMILES string of the molecule is CCCc1nc2ccc(C(F)(F)F)cn2c1C(=O)Nc1ccccc1C#N. The van der Waals surface area contributed by atoms with Gasteiger partial charge in [-0.05, 0) is 30.7 Å². The molecule has 3 aromatic rings. The zero-order valence-corrected chi connectivity index (χ0v) is 14.3. The van der Waals surface area contributed by atoms with Gasteiger partial charge in [-0.2, -0.15) is 18.4 Å². The fourth-order valence-corrected chi connectivity index (χ4v) is 2.78. The number of hydrogen-bond donors (Lipinski definition) is 1. The number of anilines is 1. The zero-order chi connectivity index (χ0) is 19.6. The average Bonchev–Trinajstić information content (AvgIpc) is 2.99. The molecule has 1 aromatic carbocycles. The van der Waals surface area contributed by atoms with Crippen LogP contribution >= 0.6 is 0 Å². The number of benzene rings is 1. The largest absolute Gasteiger partial charge is 0.417 e. The topological polar surface area (TPSA) is 70.2 Å². The number of fused-ring (bicyclic) bond motifs is 1. The summed E-state index contributed by atoms with van der Waals surface area (Å²) in [5.41, 5.74) is 0.364. The second-order valence-corrected chi connectivity index (χ2v) is 5.91. The zero-order valence-electron chi connectivity index (χ0n) is 14.3. The highest BCUT2D eigenvalue weighted by Crippen LogP contribution is 2.30. The van der Waals surface area contributed by atoms with Gasteiger partial charge >= 0.3 is 6.18 Å². The number of nitrogens with one attached hydrogen (secondary N) is 1. The monoisotopic (exact) mass is 372 g/mol. The van der Waals surface area contributed by atoms with E-state index in [1.54, 1.807) is 24.3 Å². The molecule has 1 N–H and O–H groups in total. The van der Waals surface area contributed by atoms with Crippen molar-refractivity contribution in [2.75, 3.05) is 5.32 Å². The molecule has 2 heterocycles. The summed E-state index contributed by atoms with van der Waals surface area (Å²) >= 11 is 0. The van der Waals surface area contributed by atoms with Gasteiger partial charge in [-0.3, -0.25) is 9.20 Å². The van der Waals surface area contributed by atoms with Gasteiger partial charge in [0, 0.05) is 6.20 Å². The number of amides is 1. The van der Waals surface area contributed by atoms with Crippen molar-refractivity contribution in [2.24, 2.45) is 0 Å². The Morgan fingerprint density at radius 1 is 1.26 bits per heavy atom. The van der Waals surface area contributed by atoms with Gasteiger partial charge in [-0.25, -0.2) is 4.98 Å². The molecule has 5 nitrogen and oxygen atoms in total. The Hall–Kier alpha value is -3.34. The fourth-order valence-electron chi connectivity index (χ4n) is 2.78. The van der Waals surface area contributed by atoms with Crippen LogP contribution in [-0.4, -0.2) is 15.3 Å². The van der Waals surface area contributed by atoms with Gasteiger partial charge in [0.2, 0.25) is 0 Å². The number of nitriles is 1. The number of imidazole rings is 1. The van der Waals surface area contributed by atoms with Crippen LogP contribution in [0.2, 0.25) is 0 Å². The summed E-state index contributed by atoms with van der Waals surface area (Å²) in [6.07, 6.45) is -2.56. The first-order valence-electron chi connectivity index (χ1n) is 8.23. The van der Waals surface area contributed by atoms with Crippen molar-refractivity contribution in [3.05, 3.63) is 65.1 Å². The predicted octanol–water partition coefficient (Wildman–Crippen LogP) is 4.43. The number of para-hydroxylation sites is 1. The third-order valence-electron chi connectivity index (χ3n) is 4.02. The Morgan fingerprint density at radius 3 is 2.67 bits per heavy atom. The number of carbonyl (C=O) groups is 1. The standard InChI is InChI=1S/C19H15F3N4O/c1-2-5-15-17(18(27)25-14-7-4-3-6-12(14)10-23)26-11-13(19(20,21)22)8-9-16(26)24-15/h3-4,6-9,11H,2,5H2,1H3,(H,25,27). The molecule has 0 aliphatic heterocycles. The molecule has 0 saturated carbocycles. The number of aromatic nitrogens is 2. The normalized spacial score (nSPS) is 11.4. The second kappa shape index (κ2) is 7.11. The van der Waals surface area contributed by atoms with E-state index < -0.39 is 17.6 Å². The van der Waals surface area contributed by atoms with E-state index in [1.165, 1.54) is 6.07 Å². The van der Waals surface area contributed by atoms with E-state index >= 15 is 0 Å². The number of carbonyl (C=O) groups excluding carboxylic acids is 1. The summed E-state index contributed by atoms with van der Waals surface area (Å²) in [7, 11) is 0. The smallest absolute Gasteiger partial charge is 0.319 e. The first-order chi connectivity index (χ1) is 12.8. The predicted molar refractivity (Wildman–Crippen MR) is 93.3 cm³/mol. The van der Waals surface area contributed by atoms with E-state index in [0.717, 1.165) is 16.7 Å². The van der Waals surface area contributed by atoms with Gasteiger partial charge in [0.1, 0.15) is 17.4 Å². The number of rotatable bonds is 4. The van der Waals surface area contributed by atoms with E-state index in [2.05, 4.69) is 10.3 Å². The van der Waals surface area contributed by atoms with Crippen molar-refractivity contribution in [1.82, 2.24) is 9.38 Å². The lowest BCUT2D eigenvalue weighted by molar-refractivity contribution is -0.137. The van der Waals surface area contributed by atoms with Crippen molar-refractivity contribution >= 4 is 17.2 Å². The van der Waals surface area contributed by atoms with Gasteiger partial charge < -0.3 is 5.32 Å². The number of halogens is 3. The van der Waals surface area contributed by atoms with Crippen LogP contribution in [0, 0.1) is 11.3 Å². The van der Waals surface area contributed by atoms with Crippen LogP contribution in [0.4, 0.5) is 18.9 Å². The van der Waals surface area contributed by atoms with Crippen molar-refractivity contribution in [3.8, 4) is 6.07 Å². The molecule has 0 atom stereocenters. The third-order valence-corrected chi connectivity index (χ3v) is 4.02. The average molecular weight is 372 g/mol. The molecule has 1 amide bonds. The van der Waals surface area contributed by atoms with Crippen LogP contribution in [0.5, 0.6) is 0 Å².